The van der Waals surface area contributed by atoms with Crippen LogP contribution in [0.15, 0.2) is 11.4 Å². The summed E-state index contributed by atoms with van der Waals surface area (Å²) in [6, 6.07) is 1.60. The summed E-state index contributed by atoms with van der Waals surface area (Å²) in [5.41, 5.74) is 0.545. The van der Waals surface area contributed by atoms with Gasteiger partial charge in [-0.3, -0.25) is 0 Å². The zero-order chi connectivity index (χ0) is 10.1. The molecule has 0 spiro atoms. The fraction of sp³-hybridized carbons (Fsp3) is 0.222. The zero-order valence-corrected chi connectivity index (χ0v) is 9.08. The number of carbonyl (C=O) groups excluding carboxylic acids is 1. The van der Waals surface area contributed by atoms with Gasteiger partial charge in [0, 0.05) is 16.8 Å². The minimum absolute atomic E-state index is 0.234. The Morgan fingerprint density at radius 1 is 1.64 bits per heavy atom. The van der Waals surface area contributed by atoms with E-state index in [0.29, 0.717) is 12.2 Å². The molecule has 14 heavy (non-hydrogen) atoms. The predicted octanol–water partition coefficient (Wildman–Crippen LogP) is 2.85. The number of thiophene rings is 2. The summed E-state index contributed by atoms with van der Waals surface area (Å²) in [6.45, 7) is 2.14. The number of rotatable bonds is 2. The Labute approximate surface area is 88.6 Å². The van der Waals surface area contributed by atoms with E-state index in [1.54, 1.807) is 18.4 Å². The van der Waals surface area contributed by atoms with E-state index in [1.807, 2.05) is 0 Å². The van der Waals surface area contributed by atoms with Crippen molar-refractivity contribution in [2.45, 2.75) is 6.92 Å². The summed E-state index contributed by atoms with van der Waals surface area (Å²) in [7, 11) is 0. The molecule has 0 aliphatic heterocycles. The Hall–Kier alpha value is -1.07. The molecule has 2 aromatic heterocycles. The molecule has 0 saturated heterocycles. The molecule has 0 aliphatic carbocycles. The van der Waals surface area contributed by atoms with Crippen LogP contribution in [-0.2, 0) is 4.74 Å². The monoisotopic (exact) mass is 228 g/mol. The quantitative estimate of drug-likeness (QED) is 0.804. The number of esters is 1. The minimum atomic E-state index is -0.323. The van der Waals surface area contributed by atoms with Crippen molar-refractivity contribution in [1.82, 2.24) is 0 Å². The lowest BCUT2D eigenvalue weighted by Crippen LogP contribution is -2.02. The summed E-state index contributed by atoms with van der Waals surface area (Å²) in [5, 5.41) is 12.0. The van der Waals surface area contributed by atoms with Crippen molar-refractivity contribution in [3.8, 4) is 5.06 Å². The highest BCUT2D eigenvalue weighted by molar-refractivity contribution is 7.38. The Balaban J connectivity index is 2.46. The molecule has 2 aromatic rings. The molecule has 5 heteroatoms. The predicted molar refractivity (Wildman–Crippen MR) is 57.3 cm³/mol. The van der Waals surface area contributed by atoms with Gasteiger partial charge in [-0.05, 0) is 6.92 Å². The fourth-order valence-electron chi connectivity index (χ4n) is 1.18. The van der Waals surface area contributed by atoms with Gasteiger partial charge in [-0.2, -0.15) is 0 Å². The van der Waals surface area contributed by atoms with Crippen LogP contribution in [0.2, 0.25) is 0 Å². The van der Waals surface area contributed by atoms with Crippen molar-refractivity contribution in [2.24, 2.45) is 0 Å². The first-order chi connectivity index (χ1) is 6.72. The number of hydrogen-bond acceptors (Lipinski definition) is 5. The van der Waals surface area contributed by atoms with Crippen molar-refractivity contribution in [3.05, 3.63) is 17.0 Å². The SMILES string of the molecule is CCOC(=O)c1csc2sc(O)cc12. The average molecular weight is 228 g/mol. The average Bonchev–Trinajstić information content (AvgIpc) is 2.62. The van der Waals surface area contributed by atoms with Crippen LogP contribution in [0.25, 0.3) is 9.40 Å². The van der Waals surface area contributed by atoms with E-state index < -0.39 is 0 Å². The normalized spacial score (nSPS) is 10.6. The molecule has 0 amide bonds. The van der Waals surface area contributed by atoms with Gasteiger partial charge in [0.15, 0.2) is 5.06 Å². The third kappa shape index (κ3) is 1.49. The summed E-state index contributed by atoms with van der Waals surface area (Å²) in [4.78, 5) is 11.4. The van der Waals surface area contributed by atoms with Gasteiger partial charge < -0.3 is 9.84 Å². The largest absolute Gasteiger partial charge is 0.499 e. The highest BCUT2D eigenvalue weighted by Crippen LogP contribution is 2.37. The number of aromatic hydroxyl groups is 1. The zero-order valence-electron chi connectivity index (χ0n) is 7.44. The van der Waals surface area contributed by atoms with Crippen LogP contribution in [0, 0.1) is 0 Å². The maximum atomic E-state index is 11.4. The molecular formula is C9H8O3S2. The second-order valence-corrected chi connectivity index (χ2v) is 4.82. The molecule has 74 valence electrons. The third-order valence-corrected chi connectivity index (χ3v) is 3.81. The molecule has 1 N–H and O–H groups in total. The van der Waals surface area contributed by atoms with Gasteiger partial charge in [0.1, 0.15) is 0 Å². The van der Waals surface area contributed by atoms with Gasteiger partial charge in [0.05, 0.1) is 16.2 Å². The number of fused-ring (bicyclic) bond motifs is 1. The second-order valence-electron chi connectivity index (χ2n) is 2.66. The summed E-state index contributed by atoms with van der Waals surface area (Å²) < 4.78 is 5.84. The third-order valence-electron chi connectivity index (χ3n) is 1.75. The van der Waals surface area contributed by atoms with Crippen molar-refractivity contribution in [3.63, 3.8) is 0 Å². The van der Waals surface area contributed by atoms with E-state index in [4.69, 9.17) is 4.74 Å². The van der Waals surface area contributed by atoms with Crippen LogP contribution in [0.4, 0.5) is 0 Å². The smallest absolute Gasteiger partial charge is 0.339 e. The van der Waals surface area contributed by atoms with E-state index in [-0.39, 0.29) is 11.0 Å². The van der Waals surface area contributed by atoms with E-state index >= 15 is 0 Å². The Morgan fingerprint density at radius 3 is 3.14 bits per heavy atom. The van der Waals surface area contributed by atoms with E-state index in [2.05, 4.69) is 0 Å². The van der Waals surface area contributed by atoms with Crippen LogP contribution in [-0.4, -0.2) is 17.7 Å². The van der Waals surface area contributed by atoms with E-state index in [1.165, 1.54) is 22.7 Å². The van der Waals surface area contributed by atoms with Crippen LogP contribution >= 0.6 is 22.7 Å². The molecule has 3 nitrogen and oxygen atoms in total. The van der Waals surface area contributed by atoms with Gasteiger partial charge in [0.25, 0.3) is 0 Å². The second kappa shape index (κ2) is 3.59. The van der Waals surface area contributed by atoms with Crippen LogP contribution < -0.4 is 0 Å². The molecule has 0 saturated carbocycles. The van der Waals surface area contributed by atoms with Gasteiger partial charge >= 0.3 is 5.97 Å². The van der Waals surface area contributed by atoms with Crippen LogP contribution in [0.3, 0.4) is 0 Å². The number of ether oxygens (including phenoxy) is 1. The van der Waals surface area contributed by atoms with Gasteiger partial charge in [-0.1, -0.05) is 11.3 Å². The summed E-state index contributed by atoms with van der Waals surface area (Å²) >= 11 is 2.72. The summed E-state index contributed by atoms with van der Waals surface area (Å²) in [5.74, 6) is -0.323. The standard InChI is InChI=1S/C9H8O3S2/c1-2-12-8(11)6-4-13-9-5(6)3-7(10)14-9/h3-4,10H,2H2,1H3. The van der Waals surface area contributed by atoms with Crippen molar-refractivity contribution < 1.29 is 14.6 Å². The van der Waals surface area contributed by atoms with Gasteiger partial charge in [-0.25, -0.2) is 4.79 Å². The molecule has 0 unspecified atom stereocenters. The number of hydrogen-bond donors (Lipinski definition) is 1. The first-order valence-electron chi connectivity index (χ1n) is 4.09. The van der Waals surface area contributed by atoms with Crippen LogP contribution in [0.5, 0.6) is 5.06 Å². The Morgan fingerprint density at radius 2 is 2.43 bits per heavy atom. The van der Waals surface area contributed by atoms with E-state index in [0.717, 1.165) is 9.40 Å². The molecule has 0 aliphatic rings. The van der Waals surface area contributed by atoms with E-state index in [9.17, 15) is 9.90 Å². The Bertz CT molecular complexity index is 469. The lowest BCUT2D eigenvalue weighted by molar-refractivity contribution is 0.0529. The van der Waals surface area contributed by atoms with Crippen LogP contribution in [0.1, 0.15) is 17.3 Å². The lowest BCUT2D eigenvalue weighted by atomic mass is 10.2. The molecule has 2 heterocycles. The molecule has 0 fully saturated rings. The summed E-state index contributed by atoms with van der Waals surface area (Å²) in [6.07, 6.45) is 0. The fourth-order valence-corrected chi connectivity index (χ4v) is 3.16. The molecule has 0 atom stereocenters. The van der Waals surface area contributed by atoms with Crippen molar-refractivity contribution in [1.29, 1.82) is 0 Å². The molecule has 2 rings (SSSR count). The van der Waals surface area contributed by atoms with Crippen molar-refractivity contribution >= 4 is 38.0 Å². The molecule has 0 radical (unpaired) electrons. The maximum absolute atomic E-state index is 11.4. The van der Waals surface area contributed by atoms with Gasteiger partial charge in [0.2, 0.25) is 0 Å². The number of carbonyl (C=O) groups is 1. The first kappa shape index (κ1) is 9.48. The maximum Gasteiger partial charge on any atom is 0.339 e. The first-order valence-corrected chi connectivity index (χ1v) is 5.79. The minimum Gasteiger partial charge on any atom is -0.499 e. The van der Waals surface area contributed by atoms with Gasteiger partial charge in [-0.15, -0.1) is 11.3 Å². The Kier molecular flexibility index (Phi) is 2.43. The lowest BCUT2D eigenvalue weighted by Gasteiger charge is -1.97. The highest BCUT2D eigenvalue weighted by Gasteiger charge is 2.15. The van der Waals surface area contributed by atoms with Crippen molar-refractivity contribution in [2.75, 3.05) is 6.61 Å². The molecule has 0 bridgehead atoms. The molecule has 0 aromatic carbocycles. The molecular weight excluding hydrogens is 220 g/mol. The topological polar surface area (TPSA) is 46.5 Å². The highest BCUT2D eigenvalue weighted by atomic mass is 32.2.